The lowest BCUT2D eigenvalue weighted by Gasteiger charge is -2.21. The molecule has 0 radical (unpaired) electrons. The summed E-state index contributed by atoms with van der Waals surface area (Å²) in [5.74, 6) is 0.234. The van der Waals surface area contributed by atoms with Crippen molar-refractivity contribution in [2.45, 2.75) is 25.9 Å². The molecule has 0 aliphatic carbocycles. The van der Waals surface area contributed by atoms with Gasteiger partial charge in [-0.3, -0.25) is 9.59 Å². The molecule has 0 bridgehead atoms. The standard InChI is InChI=1S/C18H27N3O4.ClH/c1-3-21(18(23)12-19-11-14-7-6-10-25-14)13-17(22)20-15-8-4-5-9-16(15)24-2;/h4-5,8-9,14,19H,3,6-7,10-13H2,1-2H3,(H,20,22);1H. The van der Waals surface area contributed by atoms with Crippen LogP contribution in [0.2, 0.25) is 0 Å². The zero-order chi connectivity index (χ0) is 18.1. The summed E-state index contributed by atoms with van der Waals surface area (Å²) in [5, 5.41) is 5.90. The van der Waals surface area contributed by atoms with Crippen molar-refractivity contribution in [3.8, 4) is 5.75 Å². The van der Waals surface area contributed by atoms with E-state index in [1.165, 1.54) is 4.90 Å². The lowest BCUT2D eigenvalue weighted by atomic mass is 10.2. The molecule has 8 heteroatoms. The Morgan fingerprint density at radius 3 is 2.77 bits per heavy atom. The molecule has 2 rings (SSSR count). The van der Waals surface area contributed by atoms with E-state index in [-0.39, 0.29) is 43.4 Å². The second kappa shape index (κ2) is 11.7. The molecule has 0 spiro atoms. The number of nitrogens with zero attached hydrogens (tertiary/aromatic N) is 1. The van der Waals surface area contributed by atoms with Crippen LogP contribution >= 0.6 is 12.4 Å². The molecule has 1 atom stereocenters. The Labute approximate surface area is 160 Å². The van der Waals surface area contributed by atoms with Gasteiger partial charge in [-0.25, -0.2) is 0 Å². The molecule has 1 unspecified atom stereocenters. The Kier molecular flexibility index (Phi) is 10.0. The van der Waals surface area contributed by atoms with E-state index in [1.54, 1.807) is 19.2 Å². The number of rotatable bonds is 9. The minimum absolute atomic E-state index is 0. The maximum atomic E-state index is 12.3. The summed E-state index contributed by atoms with van der Waals surface area (Å²) in [6, 6.07) is 7.18. The lowest BCUT2D eigenvalue weighted by Crippen LogP contribution is -2.43. The highest BCUT2D eigenvalue weighted by Crippen LogP contribution is 2.22. The van der Waals surface area contributed by atoms with E-state index in [4.69, 9.17) is 9.47 Å². The van der Waals surface area contributed by atoms with Crippen LogP contribution in [0.1, 0.15) is 19.8 Å². The topological polar surface area (TPSA) is 79.9 Å². The van der Waals surface area contributed by atoms with Gasteiger partial charge in [0.25, 0.3) is 0 Å². The molecule has 1 aromatic carbocycles. The minimum Gasteiger partial charge on any atom is -0.495 e. The molecule has 1 fully saturated rings. The molecule has 26 heavy (non-hydrogen) atoms. The fourth-order valence-corrected chi connectivity index (χ4v) is 2.74. The molecule has 1 aliphatic heterocycles. The number of hydrogen-bond acceptors (Lipinski definition) is 5. The maximum absolute atomic E-state index is 12.3. The first-order chi connectivity index (χ1) is 12.1. The van der Waals surface area contributed by atoms with Crippen molar-refractivity contribution >= 4 is 29.9 Å². The van der Waals surface area contributed by atoms with Crippen molar-refractivity contribution in [2.75, 3.05) is 45.2 Å². The molecule has 1 aliphatic rings. The van der Waals surface area contributed by atoms with E-state index >= 15 is 0 Å². The fraction of sp³-hybridized carbons (Fsp3) is 0.556. The summed E-state index contributed by atoms with van der Waals surface area (Å²) in [6.45, 7) is 4.00. The number of carbonyl (C=O) groups is 2. The maximum Gasteiger partial charge on any atom is 0.244 e. The number of carbonyl (C=O) groups excluding carboxylic acids is 2. The van der Waals surface area contributed by atoms with E-state index in [1.807, 2.05) is 19.1 Å². The van der Waals surface area contributed by atoms with Gasteiger partial charge in [0.15, 0.2) is 0 Å². The lowest BCUT2D eigenvalue weighted by molar-refractivity contribution is -0.133. The molecule has 1 heterocycles. The molecule has 146 valence electrons. The number of para-hydroxylation sites is 2. The monoisotopic (exact) mass is 385 g/mol. The number of methoxy groups -OCH3 is 1. The van der Waals surface area contributed by atoms with Gasteiger partial charge < -0.3 is 25.0 Å². The quantitative estimate of drug-likeness (QED) is 0.676. The molecule has 1 saturated heterocycles. The molecule has 2 amide bonds. The number of amides is 2. The van der Waals surface area contributed by atoms with E-state index in [9.17, 15) is 9.59 Å². The van der Waals surface area contributed by atoms with Crippen LogP contribution in [0.4, 0.5) is 5.69 Å². The number of hydrogen-bond donors (Lipinski definition) is 2. The van der Waals surface area contributed by atoms with Gasteiger partial charge in [0.2, 0.25) is 11.8 Å². The Bertz CT molecular complexity index is 579. The highest BCUT2D eigenvalue weighted by atomic mass is 35.5. The SMILES string of the molecule is CCN(CC(=O)Nc1ccccc1OC)C(=O)CNCC1CCCO1.Cl. The molecular weight excluding hydrogens is 358 g/mol. The summed E-state index contributed by atoms with van der Waals surface area (Å²) >= 11 is 0. The predicted molar refractivity (Wildman–Crippen MR) is 103 cm³/mol. The third-order valence-corrected chi connectivity index (χ3v) is 4.12. The van der Waals surface area contributed by atoms with Gasteiger partial charge >= 0.3 is 0 Å². The van der Waals surface area contributed by atoms with Crippen molar-refractivity contribution in [1.29, 1.82) is 0 Å². The fourth-order valence-electron chi connectivity index (χ4n) is 2.74. The van der Waals surface area contributed by atoms with Gasteiger partial charge in [-0.05, 0) is 31.9 Å². The Hall–Kier alpha value is -1.83. The minimum atomic E-state index is -0.251. The molecule has 0 saturated carbocycles. The van der Waals surface area contributed by atoms with Crippen molar-refractivity contribution in [2.24, 2.45) is 0 Å². The van der Waals surface area contributed by atoms with Crippen LogP contribution < -0.4 is 15.4 Å². The Morgan fingerprint density at radius 2 is 2.12 bits per heavy atom. The number of benzene rings is 1. The molecule has 2 N–H and O–H groups in total. The molecule has 0 aromatic heterocycles. The van der Waals surface area contributed by atoms with Crippen LogP contribution in [0.25, 0.3) is 0 Å². The van der Waals surface area contributed by atoms with E-state index in [0.29, 0.717) is 24.5 Å². The van der Waals surface area contributed by atoms with E-state index < -0.39 is 0 Å². The van der Waals surface area contributed by atoms with Crippen molar-refractivity contribution in [3.63, 3.8) is 0 Å². The summed E-state index contributed by atoms with van der Waals surface area (Å²) in [5.41, 5.74) is 0.593. The van der Waals surface area contributed by atoms with Crippen LogP contribution in [0.3, 0.4) is 0 Å². The van der Waals surface area contributed by atoms with Crippen LogP contribution in [-0.4, -0.2) is 62.7 Å². The second-order valence-electron chi connectivity index (χ2n) is 5.92. The van der Waals surface area contributed by atoms with Crippen LogP contribution in [0, 0.1) is 0 Å². The molecular formula is C18H28ClN3O4. The van der Waals surface area contributed by atoms with Crippen LogP contribution in [0.5, 0.6) is 5.75 Å². The first kappa shape index (κ1) is 22.2. The largest absolute Gasteiger partial charge is 0.495 e. The first-order valence-electron chi connectivity index (χ1n) is 8.67. The third kappa shape index (κ3) is 6.82. The van der Waals surface area contributed by atoms with Crippen molar-refractivity contribution < 1.29 is 19.1 Å². The molecule has 7 nitrogen and oxygen atoms in total. The summed E-state index contributed by atoms with van der Waals surface area (Å²) in [6.07, 6.45) is 2.29. The zero-order valence-corrected chi connectivity index (χ0v) is 16.1. The van der Waals surface area contributed by atoms with Crippen LogP contribution in [0.15, 0.2) is 24.3 Å². The number of ether oxygens (including phenoxy) is 2. The highest BCUT2D eigenvalue weighted by molar-refractivity contribution is 5.95. The number of anilines is 1. The highest BCUT2D eigenvalue weighted by Gasteiger charge is 2.18. The summed E-state index contributed by atoms with van der Waals surface area (Å²) in [4.78, 5) is 26.0. The van der Waals surface area contributed by atoms with Gasteiger partial charge in [0.1, 0.15) is 5.75 Å². The average Bonchev–Trinajstić information content (AvgIpc) is 3.13. The molecule has 1 aromatic rings. The summed E-state index contributed by atoms with van der Waals surface area (Å²) in [7, 11) is 1.55. The number of nitrogens with one attached hydrogen (secondary N) is 2. The number of halogens is 1. The Balaban J connectivity index is 0.00000338. The van der Waals surface area contributed by atoms with Gasteiger partial charge in [-0.15, -0.1) is 12.4 Å². The van der Waals surface area contributed by atoms with Gasteiger partial charge in [0.05, 0.1) is 32.0 Å². The average molecular weight is 386 g/mol. The first-order valence-corrected chi connectivity index (χ1v) is 8.67. The number of likely N-dealkylation sites (N-methyl/N-ethyl adjacent to an activating group) is 1. The van der Waals surface area contributed by atoms with E-state index in [0.717, 1.165) is 19.4 Å². The van der Waals surface area contributed by atoms with Crippen LogP contribution in [-0.2, 0) is 14.3 Å². The van der Waals surface area contributed by atoms with Gasteiger partial charge in [0, 0.05) is 19.7 Å². The summed E-state index contributed by atoms with van der Waals surface area (Å²) < 4.78 is 10.7. The zero-order valence-electron chi connectivity index (χ0n) is 15.3. The smallest absolute Gasteiger partial charge is 0.244 e. The normalized spacial score (nSPS) is 15.8. The van der Waals surface area contributed by atoms with Gasteiger partial charge in [-0.2, -0.15) is 0 Å². The van der Waals surface area contributed by atoms with Crippen molar-refractivity contribution in [1.82, 2.24) is 10.2 Å². The van der Waals surface area contributed by atoms with Crippen molar-refractivity contribution in [3.05, 3.63) is 24.3 Å². The van der Waals surface area contributed by atoms with E-state index in [2.05, 4.69) is 10.6 Å². The van der Waals surface area contributed by atoms with Gasteiger partial charge in [-0.1, -0.05) is 12.1 Å². The predicted octanol–water partition coefficient (Wildman–Crippen LogP) is 1.67. The Morgan fingerprint density at radius 1 is 1.35 bits per heavy atom. The third-order valence-electron chi connectivity index (χ3n) is 4.12. The second-order valence-corrected chi connectivity index (χ2v) is 5.92.